The Bertz CT molecular complexity index is 1160. The maximum absolute atomic E-state index is 12.5. The fourth-order valence-electron chi connectivity index (χ4n) is 8.32. The highest BCUT2D eigenvalue weighted by Gasteiger charge is 2.67. The molecule has 3 saturated carbocycles. The van der Waals surface area contributed by atoms with Gasteiger partial charge >= 0.3 is 0 Å². The minimum Gasteiger partial charge on any atom is -0.396 e. The van der Waals surface area contributed by atoms with Crippen molar-refractivity contribution in [3.8, 4) is 11.8 Å². The number of hydrogen-bond donors (Lipinski definition) is 3. The smallest absolute Gasteiger partial charge is 0.145 e. The molecule has 3 N–H and O–H groups in total. The van der Waals surface area contributed by atoms with Gasteiger partial charge in [-0.3, -0.25) is 4.79 Å². The third-order valence-electron chi connectivity index (χ3n) is 10.5. The second-order valence-electron chi connectivity index (χ2n) is 13.0. The molecule has 1 aliphatic heterocycles. The van der Waals surface area contributed by atoms with Crippen LogP contribution in [0.3, 0.4) is 0 Å². The summed E-state index contributed by atoms with van der Waals surface area (Å²) in [6.45, 7) is 10.5. The predicted molar refractivity (Wildman–Crippen MR) is 164 cm³/mol. The summed E-state index contributed by atoms with van der Waals surface area (Å²) in [4.78, 5) is 12.0. The molecule has 0 amide bonds. The van der Waals surface area contributed by atoms with Crippen molar-refractivity contribution in [2.45, 2.75) is 109 Å². The van der Waals surface area contributed by atoms with Gasteiger partial charge in [0.15, 0.2) is 0 Å². The van der Waals surface area contributed by atoms with Crippen LogP contribution in [0.4, 0.5) is 0 Å². The molecule has 3 aliphatic carbocycles. The van der Waals surface area contributed by atoms with Crippen LogP contribution in [0.25, 0.3) is 0 Å². The molecule has 0 bridgehead atoms. The van der Waals surface area contributed by atoms with E-state index < -0.39 is 17.1 Å². The van der Waals surface area contributed by atoms with E-state index in [1.165, 1.54) is 5.57 Å². The highest BCUT2D eigenvalue weighted by molar-refractivity contribution is 5.74. The van der Waals surface area contributed by atoms with Gasteiger partial charge in [0, 0.05) is 24.4 Å². The van der Waals surface area contributed by atoms with E-state index in [9.17, 15) is 20.1 Å². The number of carbonyl (C=O) groups excluding carboxylic acids is 1. The van der Waals surface area contributed by atoms with Crippen LogP contribution in [0.15, 0.2) is 58.7 Å². The summed E-state index contributed by atoms with van der Waals surface area (Å²) in [6.07, 6.45) is 16.7. The lowest BCUT2D eigenvalue weighted by atomic mass is 9.52. The van der Waals surface area contributed by atoms with Crippen LogP contribution in [-0.2, 0) is 9.53 Å². The van der Waals surface area contributed by atoms with Gasteiger partial charge in [0.25, 0.3) is 0 Å². The van der Waals surface area contributed by atoms with E-state index in [1.54, 1.807) is 0 Å². The normalized spacial score (nSPS) is 37.8. The Morgan fingerprint density at radius 1 is 1.27 bits per heavy atom. The number of carbonyl (C=O) groups is 1. The van der Waals surface area contributed by atoms with Gasteiger partial charge in [-0.1, -0.05) is 65.9 Å². The first kappa shape index (κ1) is 31.7. The number of allylic oxidation sites excluding steroid dienone is 8. The van der Waals surface area contributed by atoms with Crippen LogP contribution in [0.1, 0.15) is 91.4 Å². The summed E-state index contributed by atoms with van der Waals surface area (Å²) in [5.41, 5.74) is 3.20. The molecular weight excluding hydrogens is 512 g/mol. The van der Waals surface area contributed by atoms with Gasteiger partial charge in [0.05, 0.1) is 17.8 Å². The third kappa shape index (κ3) is 6.57. The van der Waals surface area contributed by atoms with Gasteiger partial charge in [-0.15, -0.1) is 0 Å². The largest absolute Gasteiger partial charge is 0.396 e. The lowest BCUT2D eigenvalue weighted by Gasteiger charge is -2.55. The lowest BCUT2D eigenvalue weighted by Crippen LogP contribution is -2.59. The zero-order valence-electron chi connectivity index (χ0n) is 25.3. The van der Waals surface area contributed by atoms with Gasteiger partial charge in [-0.25, -0.2) is 0 Å². The first-order valence-corrected chi connectivity index (χ1v) is 15.6. The molecule has 4 aliphatic rings. The van der Waals surface area contributed by atoms with Crippen LogP contribution in [-0.4, -0.2) is 52.6 Å². The highest BCUT2D eigenvalue weighted by atomic mass is 16.5. The van der Waals surface area contributed by atoms with Crippen molar-refractivity contribution in [3.63, 3.8) is 0 Å². The van der Waals surface area contributed by atoms with Crippen molar-refractivity contribution in [1.82, 2.24) is 0 Å². The van der Waals surface area contributed by atoms with Crippen molar-refractivity contribution in [1.29, 1.82) is 0 Å². The second kappa shape index (κ2) is 13.8. The molecule has 0 saturated heterocycles. The fraction of sp³-hybridized carbons (Fsp3) is 0.639. The summed E-state index contributed by atoms with van der Waals surface area (Å²) in [6, 6.07) is 0. The number of rotatable bonds is 4. The molecule has 3 fully saturated rings. The predicted octanol–water partition coefficient (Wildman–Crippen LogP) is 6.16. The number of aldehydes is 1. The molecular formula is C36H50O5. The summed E-state index contributed by atoms with van der Waals surface area (Å²) in [5, 5.41) is 34.4. The van der Waals surface area contributed by atoms with Crippen LogP contribution in [0.2, 0.25) is 0 Å². The van der Waals surface area contributed by atoms with E-state index in [2.05, 4.69) is 49.6 Å². The number of aliphatic hydroxyl groups is 3. The average molecular weight is 563 g/mol. The van der Waals surface area contributed by atoms with Crippen molar-refractivity contribution >= 4 is 6.29 Å². The quantitative estimate of drug-likeness (QED) is 0.165. The molecule has 7 unspecified atom stereocenters. The molecule has 1 spiro atoms. The van der Waals surface area contributed by atoms with E-state index in [0.717, 1.165) is 61.5 Å². The van der Waals surface area contributed by atoms with E-state index in [-0.39, 0.29) is 30.5 Å². The van der Waals surface area contributed by atoms with Gasteiger partial charge < -0.3 is 20.1 Å². The molecule has 7 atom stereocenters. The molecule has 5 nitrogen and oxygen atoms in total. The van der Waals surface area contributed by atoms with E-state index in [1.807, 2.05) is 13.8 Å². The van der Waals surface area contributed by atoms with Crippen molar-refractivity contribution in [2.75, 3.05) is 13.2 Å². The minimum atomic E-state index is -1.11. The lowest BCUT2D eigenvalue weighted by molar-refractivity contribution is -0.168. The van der Waals surface area contributed by atoms with Gasteiger partial charge in [-0.2, -0.15) is 0 Å². The summed E-state index contributed by atoms with van der Waals surface area (Å²) in [5.74, 6) is 6.28. The Morgan fingerprint density at radius 3 is 2.83 bits per heavy atom. The monoisotopic (exact) mass is 562 g/mol. The molecule has 5 heteroatoms. The molecule has 41 heavy (non-hydrogen) atoms. The number of aliphatic hydroxyl groups excluding tert-OH is 2. The van der Waals surface area contributed by atoms with Crippen LogP contribution >= 0.6 is 0 Å². The Hall–Kier alpha value is -2.23. The van der Waals surface area contributed by atoms with Gasteiger partial charge in [-0.05, 0) is 102 Å². The van der Waals surface area contributed by atoms with Gasteiger partial charge in [0.1, 0.15) is 12.9 Å². The second-order valence-corrected chi connectivity index (χ2v) is 13.0. The molecule has 0 aromatic heterocycles. The Kier molecular flexibility index (Phi) is 10.7. The Labute approximate surface area is 247 Å². The average Bonchev–Trinajstić information content (AvgIpc) is 3.11. The molecule has 4 rings (SSSR count). The maximum Gasteiger partial charge on any atom is 0.145 e. The van der Waals surface area contributed by atoms with Crippen LogP contribution < -0.4 is 0 Å². The van der Waals surface area contributed by atoms with Crippen molar-refractivity contribution < 1.29 is 24.9 Å². The Morgan fingerprint density at radius 2 is 2.07 bits per heavy atom. The topological polar surface area (TPSA) is 87.0 Å². The highest BCUT2D eigenvalue weighted by Crippen LogP contribution is 2.66. The van der Waals surface area contributed by atoms with E-state index in [0.29, 0.717) is 44.3 Å². The molecule has 224 valence electrons. The number of hydrogen-bond acceptors (Lipinski definition) is 5. The van der Waals surface area contributed by atoms with Gasteiger partial charge in [0.2, 0.25) is 0 Å². The third-order valence-corrected chi connectivity index (χ3v) is 10.5. The zero-order valence-corrected chi connectivity index (χ0v) is 25.3. The summed E-state index contributed by atoms with van der Waals surface area (Å²) >= 11 is 0. The fourth-order valence-corrected chi connectivity index (χ4v) is 8.32. The first-order chi connectivity index (χ1) is 19.7. The van der Waals surface area contributed by atoms with Crippen molar-refractivity contribution in [3.05, 3.63) is 58.7 Å². The molecule has 0 aromatic rings. The zero-order chi connectivity index (χ0) is 29.6. The van der Waals surface area contributed by atoms with Crippen molar-refractivity contribution in [2.24, 2.45) is 23.2 Å². The van der Waals surface area contributed by atoms with Crippen LogP contribution in [0, 0.1) is 35.0 Å². The first-order valence-electron chi connectivity index (χ1n) is 15.6. The summed E-state index contributed by atoms with van der Waals surface area (Å²) < 4.78 is 6.44. The number of ether oxygens (including phenoxy) is 1. The molecule has 0 radical (unpaired) electrons. The number of fused-ring (bicyclic) bond motifs is 3. The maximum atomic E-state index is 12.5. The SMILES string of the molecule is C=C1C=CC=C2C(CCCC3CC4(C(CCCO)C(=C(C)C=O)CCC4(C)O)C(O)C23)OCC#CCC(C)=CCC1. The standard InChI is InChI=1S/C36H50O5/c1-25-11-5-6-22-41-32-18-9-15-28-23-36(34(39)33(28)30(32)16-8-14-26(2)13-7-12-25)31(17-10-21-37)29(27(3)24-38)19-20-35(36,4)40/h8,12,14,16,24,28,31-34,37,39-40H,2,7,9-11,13,15,17-23H2,1,3-4H3. The minimum absolute atomic E-state index is 0.0386. The molecule has 1 heterocycles. The summed E-state index contributed by atoms with van der Waals surface area (Å²) in [7, 11) is 0. The van der Waals surface area contributed by atoms with Crippen LogP contribution in [0.5, 0.6) is 0 Å². The van der Waals surface area contributed by atoms with E-state index >= 15 is 0 Å². The van der Waals surface area contributed by atoms with E-state index in [4.69, 9.17) is 4.74 Å². The molecule has 0 aromatic carbocycles. The Balaban J connectivity index is 1.78.